The zero-order valence-electron chi connectivity index (χ0n) is 9.15. The van der Waals surface area contributed by atoms with E-state index in [4.69, 9.17) is 0 Å². The lowest BCUT2D eigenvalue weighted by Crippen LogP contribution is -2.43. The van der Waals surface area contributed by atoms with Gasteiger partial charge in [0.15, 0.2) is 0 Å². The molecule has 2 heterocycles. The molecule has 80 valence electrons. The molecule has 2 heteroatoms. The maximum absolute atomic E-state index is 2.54. The Kier molecular flexibility index (Phi) is 2.47. The van der Waals surface area contributed by atoms with Crippen molar-refractivity contribution in [3.63, 3.8) is 0 Å². The van der Waals surface area contributed by atoms with Gasteiger partial charge in [-0.3, -0.25) is 0 Å². The molecule has 2 nitrogen and oxygen atoms in total. The van der Waals surface area contributed by atoms with Crippen molar-refractivity contribution < 1.29 is 0 Å². The van der Waals surface area contributed by atoms with Crippen LogP contribution in [-0.4, -0.2) is 29.7 Å². The number of rotatable bonds is 1. The summed E-state index contributed by atoms with van der Waals surface area (Å²) in [5, 5.41) is 5.07. The quantitative estimate of drug-likeness (QED) is 0.687. The van der Waals surface area contributed by atoms with Crippen molar-refractivity contribution >= 4 is 0 Å². The van der Waals surface area contributed by atoms with Gasteiger partial charge in [-0.05, 0) is 30.4 Å². The van der Waals surface area contributed by atoms with Gasteiger partial charge in [0.05, 0.1) is 0 Å². The normalized spacial score (nSPS) is 22.9. The minimum absolute atomic E-state index is 1.12. The molecule has 1 aromatic carbocycles. The second-order valence-corrected chi connectivity index (χ2v) is 4.57. The summed E-state index contributed by atoms with van der Waals surface area (Å²) in [6, 6.07) is 8.87. The second kappa shape index (κ2) is 3.95. The third kappa shape index (κ3) is 1.80. The van der Waals surface area contributed by atoms with Gasteiger partial charge in [0, 0.05) is 26.2 Å². The van der Waals surface area contributed by atoms with Crippen LogP contribution in [0, 0.1) is 0 Å². The molecule has 2 aliphatic rings. The molecular weight excluding hydrogens is 184 g/mol. The molecule has 0 N–H and O–H groups in total. The number of nitrogens with zero attached hydrogens (tertiary/aromatic N) is 2. The Morgan fingerprint density at radius 1 is 0.800 bits per heavy atom. The van der Waals surface area contributed by atoms with Crippen LogP contribution in [0.1, 0.15) is 24.0 Å². The highest BCUT2D eigenvalue weighted by atomic mass is 15.6. The van der Waals surface area contributed by atoms with Gasteiger partial charge in [-0.1, -0.05) is 24.3 Å². The predicted molar refractivity (Wildman–Crippen MR) is 61.4 cm³/mol. The van der Waals surface area contributed by atoms with E-state index < -0.39 is 0 Å². The van der Waals surface area contributed by atoms with Crippen LogP contribution in [-0.2, 0) is 13.0 Å². The Morgan fingerprint density at radius 3 is 2.33 bits per heavy atom. The summed E-state index contributed by atoms with van der Waals surface area (Å²) in [4.78, 5) is 0. The van der Waals surface area contributed by atoms with E-state index in [0.717, 1.165) is 6.54 Å². The smallest absolute Gasteiger partial charge is 0.0387 e. The Labute approximate surface area is 91.5 Å². The first-order valence-electron chi connectivity index (χ1n) is 6.00. The van der Waals surface area contributed by atoms with Crippen molar-refractivity contribution in [3.05, 3.63) is 35.4 Å². The molecule has 0 saturated carbocycles. The monoisotopic (exact) mass is 202 g/mol. The van der Waals surface area contributed by atoms with Crippen LogP contribution in [0.15, 0.2) is 24.3 Å². The number of hydrogen-bond donors (Lipinski definition) is 0. The van der Waals surface area contributed by atoms with Crippen LogP contribution in [0.5, 0.6) is 0 Å². The van der Waals surface area contributed by atoms with Gasteiger partial charge in [-0.2, -0.15) is 0 Å². The van der Waals surface area contributed by atoms with Gasteiger partial charge >= 0.3 is 0 Å². The molecule has 0 aromatic heterocycles. The molecule has 0 atom stereocenters. The summed E-state index contributed by atoms with van der Waals surface area (Å²) < 4.78 is 0. The van der Waals surface area contributed by atoms with E-state index >= 15 is 0 Å². The summed E-state index contributed by atoms with van der Waals surface area (Å²) in [6.07, 6.45) is 3.96. The lowest BCUT2D eigenvalue weighted by atomic mass is 10.0. The molecule has 1 fully saturated rings. The standard InChI is InChI=1S/C13H18N2/c1-2-6-13-11-15(10-7-12(13)5-1)14-8-3-4-9-14/h1-2,5-6H,3-4,7-11H2. The number of benzene rings is 1. The molecule has 0 radical (unpaired) electrons. The number of hydrogen-bond acceptors (Lipinski definition) is 2. The highest BCUT2D eigenvalue weighted by molar-refractivity contribution is 5.28. The van der Waals surface area contributed by atoms with Gasteiger partial charge in [0.25, 0.3) is 0 Å². The third-order valence-electron chi connectivity index (χ3n) is 3.59. The minimum atomic E-state index is 1.12. The molecule has 1 aromatic rings. The van der Waals surface area contributed by atoms with Crippen LogP contribution in [0.3, 0.4) is 0 Å². The highest BCUT2D eigenvalue weighted by Crippen LogP contribution is 2.22. The number of hydrazine groups is 1. The van der Waals surface area contributed by atoms with E-state index in [1.54, 1.807) is 5.56 Å². The fourth-order valence-corrected chi connectivity index (χ4v) is 2.71. The number of fused-ring (bicyclic) bond motifs is 1. The van der Waals surface area contributed by atoms with Crippen LogP contribution < -0.4 is 0 Å². The molecular formula is C13H18N2. The van der Waals surface area contributed by atoms with Gasteiger partial charge in [-0.25, -0.2) is 10.0 Å². The van der Waals surface area contributed by atoms with Crippen molar-refractivity contribution in [2.24, 2.45) is 0 Å². The molecule has 0 unspecified atom stereocenters. The SMILES string of the molecule is c1ccc2c(c1)CCN(N1CCCC1)C2. The van der Waals surface area contributed by atoms with Crippen molar-refractivity contribution in [2.45, 2.75) is 25.8 Å². The van der Waals surface area contributed by atoms with E-state index in [1.807, 2.05) is 0 Å². The zero-order valence-corrected chi connectivity index (χ0v) is 9.15. The first-order chi connectivity index (χ1) is 7.43. The molecule has 0 bridgehead atoms. The lowest BCUT2D eigenvalue weighted by molar-refractivity contribution is -0.0162. The Hall–Kier alpha value is -0.860. The van der Waals surface area contributed by atoms with Crippen LogP contribution >= 0.6 is 0 Å². The maximum Gasteiger partial charge on any atom is 0.0387 e. The van der Waals surface area contributed by atoms with Crippen molar-refractivity contribution in [2.75, 3.05) is 19.6 Å². The third-order valence-corrected chi connectivity index (χ3v) is 3.59. The predicted octanol–water partition coefficient (Wildman–Crippen LogP) is 2.06. The van der Waals surface area contributed by atoms with Crippen molar-refractivity contribution in [3.8, 4) is 0 Å². The summed E-state index contributed by atoms with van der Waals surface area (Å²) in [6.45, 7) is 4.86. The molecule has 0 amide bonds. The Morgan fingerprint density at radius 2 is 1.53 bits per heavy atom. The summed E-state index contributed by atoms with van der Waals surface area (Å²) >= 11 is 0. The fourth-order valence-electron chi connectivity index (χ4n) is 2.71. The van der Waals surface area contributed by atoms with Crippen LogP contribution in [0.25, 0.3) is 0 Å². The van der Waals surface area contributed by atoms with Crippen LogP contribution in [0.2, 0.25) is 0 Å². The van der Waals surface area contributed by atoms with E-state index in [1.165, 1.54) is 44.5 Å². The van der Waals surface area contributed by atoms with Gasteiger partial charge < -0.3 is 0 Å². The molecule has 0 aliphatic carbocycles. The average Bonchev–Trinajstić information content (AvgIpc) is 2.82. The summed E-state index contributed by atoms with van der Waals surface area (Å²) in [7, 11) is 0. The zero-order chi connectivity index (χ0) is 10.1. The maximum atomic E-state index is 2.54. The molecule has 3 rings (SSSR count). The molecule has 0 spiro atoms. The van der Waals surface area contributed by atoms with E-state index in [-0.39, 0.29) is 0 Å². The minimum Gasteiger partial charge on any atom is -0.241 e. The molecule has 2 aliphatic heterocycles. The highest BCUT2D eigenvalue weighted by Gasteiger charge is 2.23. The summed E-state index contributed by atoms with van der Waals surface area (Å²) in [5.41, 5.74) is 3.07. The molecule has 15 heavy (non-hydrogen) atoms. The van der Waals surface area contributed by atoms with Crippen LogP contribution in [0.4, 0.5) is 0 Å². The Balaban J connectivity index is 1.76. The van der Waals surface area contributed by atoms with Gasteiger partial charge in [-0.15, -0.1) is 0 Å². The van der Waals surface area contributed by atoms with E-state index in [0.29, 0.717) is 0 Å². The Bertz CT molecular complexity index is 342. The van der Waals surface area contributed by atoms with Gasteiger partial charge in [0.2, 0.25) is 0 Å². The van der Waals surface area contributed by atoms with Gasteiger partial charge in [0.1, 0.15) is 0 Å². The first-order valence-corrected chi connectivity index (χ1v) is 6.00. The average molecular weight is 202 g/mol. The topological polar surface area (TPSA) is 6.48 Å². The van der Waals surface area contributed by atoms with Crippen molar-refractivity contribution in [1.82, 2.24) is 10.0 Å². The van der Waals surface area contributed by atoms with Crippen molar-refractivity contribution in [1.29, 1.82) is 0 Å². The molecule has 1 saturated heterocycles. The fraction of sp³-hybridized carbons (Fsp3) is 0.538. The second-order valence-electron chi connectivity index (χ2n) is 4.57. The van der Waals surface area contributed by atoms with E-state index in [2.05, 4.69) is 34.3 Å². The first kappa shape index (κ1) is 9.37. The largest absolute Gasteiger partial charge is 0.241 e. The lowest BCUT2D eigenvalue weighted by Gasteiger charge is -2.35. The summed E-state index contributed by atoms with van der Waals surface area (Å²) in [5.74, 6) is 0. The van der Waals surface area contributed by atoms with E-state index in [9.17, 15) is 0 Å².